The zero-order valence-electron chi connectivity index (χ0n) is 9.00. The Kier molecular flexibility index (Phi) is 2.23. The Balaban J connectivity index is 2.49. The van der Waals surface area contributed by atoms with Crippen LogP contribution in [0.1, 0.15) is 36.1 Å². The molecule has 0 amide bonds. The smallest absolute Gasteiger partial charge is 0.124 e. The van der Waals surface area contributed by atoms with Gasteiger partial charge in [-0.3, -0.25) is 0 Å². The second-order valence-corrected chi connectivity index (χ2v) is 4.24. The van der Waals surface area contributed by atoms with Gasteiger partial charge in [0.05, 0.1) is 6.10 Å². The van der Waals surface area contributed by atoms with Crippen LogP contribution in [-0.2, 0) is 0 Å². The molecular formula is C12H17NO. The number of rotatable bonds is 0. The first-order valence-corrected chi connectivity index (χ1v) is 5.11. The van der Waals surface area contributed by atoms with Crippen molar-refractivity contribution in [1.82, 2.24) is 0 Å². The van der Waals surface area contributed by atoms with Crippen molar-refractivity contribution < 1.29 is 4.74 Å². The summed E-state index contributed by atoms with van der Waals surface area (Å²) in [6.07, 6.45) is 1.15. The summed E-state index contributed by atoms with van der Waals surface area (Å²) in [7, 11) is 0. The molecular weight excluding hydrogens is 174 g/mol. The largest absolute Gasteiger partial charge is 0.490 e. The van der Waals surface area contributed by atoms with Gasteiger partial charge >= 0.3 is 0 Å². The van der Waals surface area contributed by atoms with E-state index in [9.17, 15) is 0 Å². The minimum Gasteiger partial charge on any atom is -0.490 e. The Bertz CT molecular complexity index is 360. The highest BCUT2D eigenvalue weighted by molar-refractivity contribution is 5.44. The monoisotopic (exact) mass is 191 g/mol. The van der Waals surface area contributed by atoms with E-state index >= 15 is 0 Å². The van der Waals surface area contributed by atoms with E-state index in [0.717, 1.165) is 17.7 Å². The lowest BCUT2D eigenvalue weighted by Gasteiger charge is -2.28. The number of benzene rings is 1. The molecule has 1 aromatic carbocycles. The van der Waals surface area contributed by atoms with Crippen molar-refractivity contribution in [2.45, 2.75) is 39.3 Å². The Morgan fingerprint density at radius 3 is 2.64 bits per heavy atom. The normalized spacial score (nSPS) is 25.4. The molecule has 1 heterocycles. The molecule has 2 nitrogen and oxygen atoms in total. The fourth-order valence-electron chi connectivity index (χ4n) is 1.95. The summed E-state index contributed by atoms with van der Waals surface area (Å²) >= 11 is 0. The van der Waals surface area contributed by atoms with Crippen LogP contribution < -0.4 is 10.5 Å². The van der Waals surface area contributed by atoms with Gasteiger partial charge in [-0.05, 0) is 38.0 Å². The number of aryl methyl sites for hydroxylation is 2. The molecule has 0 aromatic heterocycles. The maximum absolute atomic E-state index is 6.08. The number of fused-ring (bicyclic) bond motifs is 1. The molecule has 2 atom stereocenters. The summed E-state index contributed by atoms with van der Waals surface area (Å²) in [6, 6.07) is 4.38. The second-order valence-electron chi connectivity index (χ2n) is 4.24. The predicted molar refractivity (Wildman–Crippen MR) is 57.6 cm³/mol. The summed E-state index contributed by atoms with van der Waals surface area (Å²) in [5.74, 6) is 0.972. The van der Waals surface area contributed by atoms with E-state index in [1.165, 1.54) is 11.1 Å². The van der Waals surface area contributed by atoms with Crippen molar-refractivity contribution >= 4 is 0 Å². The van der Waals surface area contributed by atoms with Crippen molar-refractivity contribution in [3.8, 4) is 5.75 Å². The molecule has 1 aliphatic rings. The fraction of sp³-hybridized carbons (Fsp3) is 0.500. The average Bonchev–Trinajstić information content (AvgIpc) is 2.08. The van der Waals surface area contributed by atoms with Gasteiger partial charge in [0, 0.05) is 18.0 Å². The van der Waals surface area contributed by atoms with Gasteiger partial charge in [-0.1, -0.05) is 6.07 Å². The highest BCUT2D eigenvalue weighted by atomic mass is 16.5. The fourth-order valence-corrected chi connectivity index (χ4v) is 1.95. The molecule has 2 unspecified atom stereocenters. The van der Waals surface area contributed by atoms with Gasteiger partial charge in [-0.25, -0.2) is 0 Å². The number of nitrogens with two attached hydrogens (primary N) is 1. The van der Waals surface area contributed by atoms with Crippen molar-refractivity contribution in [3.05, 3.63) is 28.8 Å². The first-order valence-electron chi connectivity index (χ1n) is 5.11. The van der Waals surface area contributed by atoms with Crippen LogP contribution in [0.4, 0.5) is 0 Å². The second kappa shape index (κ2) is 3.28. The van der Waals surface area contributed by atoms with Crippen LogP contribution in [-0.4, -0.2) is 6.10 Å². The van der Waals surface area contributed by atoms with Gasteiger partial charge in [0.2, 0.25) is 0 Å². The maximum atomic E-state index is 6.08. The molecule has 0 saturated carbocycles. The van der Waals surface area contributed by atoms with Crippen LogP contribution in [0.25, 0.3) is 0 Å². The standard InChI is InChI=1S/C12H17NO/c1-7-4-10-11(13)6-9(3)14-12(10)5-8(7)2/h4-5,9,11H,6,13H2,1-3H3. The summed E-state index contributed by atoms with van der Waals surface area (Å²) in [6.45, 7) is 6.28. The third-order valence-electron chi connectivity index (χ3n) is 2.94. The van der Waals surface area contributed by atoms with Crippen LogP contribution in [0.2, 0.25) is 0 Å². The molecule has 14 heavy (non-hydrogen) atoms. The van der Waals surface area contributed by atoms with Crippen LogP contribution in [0, 0.1) is 13.8 Å². The minimum atomic E-state index is 0.132. The zero-order chi connectivity index (χ0) is 10.3. The van der Waals surface area contributed by atoms with Crippen molar-refractivity contribution in [1.29, 1.82) is 0 Å². The number of hydrogen-bond acceptors (Lipinski definition) is 2. The van der Waals surface area contributed by atoms with Gasteiger partial charge < -0.3 is 10.5 Å². The topological polar surface area (TPSA) is 35.2 Å². The lowest BCUT2D eigenvalue weighted by atomic mass is 9.94. The quantitative estimate of drug-likeness (QED) is 0.683. The maximum Gasteiger partial charge on any atom is 0.124 e. The Hall–Kier alpha value is -1.02. The summed E-state index contributed by atoms with van der Waals surface area (Å²) in [5, 5.41) is 0. The van der Waals surface area contributed by atoms with Gasteiger partial charge in [-0.2, -0.15) is 0 Å². The van der Waals surface area contributed by atoms with E-state index < -0.39 is 0 Å². The Morgan fingerprint density at radius 2 is 1.93 bits per heavy atom. The Morgan fingerprint density at radius 1 is 1.29 bits per heavy atom. The average molecular weight is 191 g/mol. The van der Waals surface area contributed by atoms with Crippen LogP contribution in [0.5, 0.6) is 5.75 Å². The van der Waals surface area contributed by atoms with E-state index in [4.69, 9.17) is 10.5 Å². The summed E-state index contributed by atoms with van der Waals surface area (Å²) in [4.78, 5) is 0. The first-order chi connectivity index (χ1) is 6.58. The third kappa shape index (κ3) is 1.50. The molecule has 1 aromatic rings. The summed E-state index contributed by atoms with van der Waals surface area (Å²) in [5.41, 5.74) is 9.79. The van der Waals surface area contributed by atoms with Gasteiger partial charge in [0.1, 0.15) is 5.75 Å². The van der Waals surface area contributed by atoms with Crippen LogP contribution in [0.3, 0.4) is 0 Å². The van der Waals surface area contributed by atoms with Crippen LogP contribution in [0.15, 0.2) is 12.1 Å². The molecule has 2 heteroatoms. The molecule has 0 bridgehead atoms. The van der Waals surface area contributed by atoms with Crippen molar-refractivity contribution in [3.63, 3.8) is 0 Å². The first kappa shape index (κ1) is 9.53. The van der Waals surface area contributed by atoms with E-state index in [0.29, 0.717) is 0 Å². The van der Waals surface area contributed by atoms with Crippen molar-refractivity contribution in [2.75, 3.05) is 0 Å². The molecule has 0 radical (unpaired) electrons. The highest BCUT2D eigenvalue weighted by Crippen LogP contribution is 2.35. The molecule has 0 saturated heterocycles. The zero-order valence-corrected chi connectivity index (χ0v) is 9.00. The Labute approximate surface area is 85.1 Å². The van der Waals surface area contributed by atoms with Gasteiger partial charge in [0.25, 0.3) is 0 Å². The van der Waals surface area contributed by atoms with Crippen molar-refractivity contribution in [2.24, 2.45) is 5.73 Å². The molecule has 0 aliphatic carbocycles. The van der Waals surface area contributed by atoms with Gasteiger partial charge in [-0.15, -0.1) is 0 Å². The molecule has 2 rings (SSSR count). The van der Waals surface area contributed by atoms with Crippen LogP contribution >= 0.6 is 0 Å². The minimum absolute atomic E-state index is 0.132. The molecule has 1 aliphatic heterocycles. The van der Waals surface area contributed by atoms with Gasteiger partial charge in [0.15, 0.2) is 0 Å². The molecule has 76 valence electrons. The van der Waals surface area contributed by atoms with E-state index in [1.54, 1.807) is 0 Å². The SMILES string of the molecule is Cc1cc2c(cc1C)C(N)CC(C)O2. The van der Waals surface area contributed by atoms with E-state index in [1.807, 2.05) is 0 Å². The molecule has 0 spiro atoms. The highest BCUT2D eigenvalue weighted by Gasteiger charge is 2.23. The lowest BCUT2D eigenvalue weighted by Crippen LogP contribution is -2.27. The molecule has 2 N–H and O–H groups in total. The predicted octanol–water partition coefficient (Wildman–Crippen LogP) is 2.47. The third-order valence-corrected chi connectivity index (χ3v) is 2.94. The number of ether oxygens (including phenoxy) is 1. The lowest BCUT2D eigenvalue weighted by molar-refractivity contribution is 0.177. The summed E-state index contributed by atoms with van der Waals surface area (Å²) < 4.78 is 5.76. The van der Waals surface area contributed by atoms with E-state index in [2.05, 4.69) is 32.9 Å². The van der Waals surface area contributed by atoms with E-state index in [-0.39, 0.29) is 12.1 Å². The molecule has 0 fully saturated rings. The number of hydrogen-bond donors (Lipinski definition) is 1.